The molecule has 0 aliphatic carbocycles. The van der Waals surface area contributed by atoms with Crippen LogP contribution in [0.4, 0.5) is 8.78 Å². The molecule has 0 fully saturated rings. The van der Waals surface area contributed by atoms with E-state index in [1.165, 1.54) is 0 Å². The van der Waals surface area contributed by atoms with Crippen LogP contribution in [0.15, 0.2) is 16.6 Å². The maximum Gasteiger partial charge on any atom is 0.159 e. The first-order chi connectivity index (χ1) is 6.85. The first kappa shape index (κ1) is 12.5. The lowest BCUT2D eigenvalue weighted by Crippen LogP contribution is -2.42. The van der Waals surface area contributed by atoms with Gasteiger partial charge in [0, 0.05) is 10.0 Å². The van der Waals surface area contributed by atoms with Crippen molar-refractivity contribution in [2.24, 2.45) is 5.73 Å². The zero-order valence-corrected chi connectivity index (χ0v) is 9.81. The average molecular weight is 280 g/mol. The largest absolute Gasteiger partial charge is 0.394 e. The molecular formula is C10H12BrF2NO. The van der Waals surface area contributed by atoms with E-state index in [2.05, 4.69) is 15.9 Å². The second kappa shape index (κ2) is 4.55. The fraction of sp³-hybridized carbons (Fsp3) is 0.400. The Labute approximate surface area is 95.2 Å². The van der Waals surface area contributed by atoms with Crippen LogP contribution in [-0.4, -0.2) is 17.3 Å². The second-order valence-electron chi connectivity index (χ2n) is 3.85. The van der Waals surface area contributed by atoms with E-state index in [1.54, 1.807) is 6.92 Å². The number of hydrogen-bond acceptors (Lipinski definition) is 2. The van der Waals surface area contributed by atoms with Gasteiger partial charge in [0.2, 0.25) is 0 Å². The highest BCUT2D eigenvalue weighted by atomic mass is 79.9. The van der Waals surface area contributed by atoms with Crippen molar-refractivity contribution in [3.8, 4) is 0 Å². The van der Waals surface area contributed by atoms with Crippen LogP contribution in [0.3, 0.4) is 0 Å². The minimum absolute atomic E-state index is 0.224. The molecule has 1 aromatic carbocycles. The fourth-order valence-corrected chi connectivity index (χ4v) is 1.65. The molecule has 2 nitrogen and oxygen atoms in total. The monoisotopic (exact) mass is 279 g/mol. The molecule has 0 aromatic heterocycles. The summed E-state index contributed by atoms with van der Waals surface area (Å²) in [5, 5.41) is 8.96. The van der Waals surface area contributed by atoms with Crippen molar-refractivity contribution in [3.63, 3.8) is 0 Å². The molecule has 15 heavy (non-hydrogen) atoms. The molecule has 1 aromatic rings. The van der Waals surface area contributed by atoms with Gasteiger partial charge < -0.3 is 10.8 Å². The van der Waals surface area contributed by atoms with E-state index >= 15 is 0 Å². The lowest BCUT2D eigenvalue weighted by atomic mass is 9.95. The highest BCUT2D eigenvalue weighted by molar-refractivity contribution is 9.10. The van der Waals surface area contributed by atoms with Crippen LogP contribution in [0.2, 0.25) is 0 Å². The van der Waals surface area contributed by atoms with E-state index in [0.717, 1.165) is 12.1 Å². The predicted molar refractivity (Wildman–Crippen MR) is 57.4 cm³/mol. The zero-order valence-electron chi connectivity index (χ0n) is 8.23. The molecule has 0 amide bonds. The lowest BCUT2D eigenvalue weighted by Gasteiger charge is -2.22. The molecule has 0 saturated heterocycles. The molecule has 1 unspecified atom stereocenters. The van der Waals surface area contributed by atoms with E-state index in [9.17, 15) is 8.78 Å². The second-order valence-corrected chi connectivity index (χ2v) is 4.70. The molecule has 84 valence electrons. The van der Waals surface area contributed by atoms with Crippen LogP contribution < -0.4 is 5.73 Å². The van der Waals surface area contributed by atoms with Gasteiger partial charge >= 0.3 is 0 Å². The van der Waals surface area contributed by atoms with E-state index in [0.29, 0.717) is 10.0 Å². The third-order valence-electron chi connectivity index (χ3n) is 2.04. The summed E-state index contributed by atoms with van der Waals surface area (Å²) in [7, 11) is 0. The topological polar surface area (TPSA) is 46.2 Å². The van der Waals surface area contributed by atoms with Crippen molar-refractivity contribution < 1.29 is 13.9 Å². The van der Waals surface area contributed by atoms with Gasteiger partial charge in [0.15, 0.2) is 11.6 Å². The number of rotatable bonds is 3. The fourth-order valence-electron chi connectivity index (χ4n) is 1.19. The number of hydrogen-bond donors (Lipinski definition) is 2. The Morgan fingerprint density at radius 3 is 2.47 bits per heavy atom. The predicted octanol–water partition coefficient (Wildman–Crippen LogP) is 1.98. The van der Waals surface area contributed by atoms with Gasteiger partial charge in [0.05, 0.1) is 6.61 Å². The molecule has 0 aliphatic rings. The van der Waals surface area contributed by atoms with Gasteiger partial charge in [-0.1, -0.05) is 15.9 Å². The van der Waals surface area contributed by atoms with Crippen LogP contribution in [0, 0.1) is 11.6 Å². The zero-order chi connectivity index (χ0) is 11.6. The number of nitrogens with two attached hydrogens (primary N) is 1. The molecule has 3 N–H and O–H groups in total. The summed E-state index contributed by atoms with van der Waals surface area (Å²) in [6.07, 6.45) is 0.265. The summed E-state index contributed by atoms with van der Waals surface area (Å²) >= 11 is 3.12. The quantitative estimate of drug-likeness (QED) is 0.832. The highest BCUT2D eigenvalue weighted by Gasteiger charge is 2.20. The molecular weight excluding hydrogens is 268 g/mol. The third-order valence-corrected chi connectivity index (χ3v) is 2.78. The molecule has 0 spiro atoms. The van der Waals surface area contributed by atoms with Gasteiger partial charge in [-0.3, -0.25) is 0 Å². The van der Waals surface area contributed by atoms with Gasteiger partial charge in [-0.2, -0.15) is 0 Å². The third kappa shape index (κ3) is 3.22. The van der Waals surface area contributed by atoms with Crippen molar-refractivity contribution in [1.82, 2.24) is 0 Å². The maximum absolute atomic E-state index is 12.9. The van der Waals surface area contributed by atoms with Crippen LogP contribution in [0.25, 0.3) is 0 Å². The molecule has 0 aliphatic heterocycles. The summed E-state index contributed by atoms with van der Waals surface area (Å²) in [5.41, 5.74) is 5.41. The van der Waals surface area contributed by atoms with E-state index in [-0.39, 0.29) is 13.0 Å². The van der Waals surface area contributed by atoms with Gasteiger partial charge in [-0.25, -0.2) is 8.78 Å². The van der Waals surface area contributed by atoms with Crippen molar-refractivity contribution in [3.05, 3.63) is 33.8 Å². The Hall–Kier alpha value is -0.520. The Morgan fingerprint density at radius 2 is 1.93 bits per heavy atom. The first-order valence-corrected chi connectivity index (χ1v) is 5.18. The average Bonchev–Trinajstić information content (AvgIpc) is 2.14. The summed E-state index contributed by atoms with van der Waals surface area (Å²) in [5.74, 6) is -1.82. The molecule has 1 rings (SSSR count). The summed E-state index contributed by atoms with van der Waals surface area (Å²) < 4.78 is 26.2. The number of aliphatic hydroxyl groups excluding tert-OH is 1. The van der Waals surface area contributed by atoms with Crippen molar-refractivity contribution >= 4 is 15.9 Å². The lowest BCUT2D eigenvalue weighted by molar-refractivity contribution is 0.208. The summed E-state index contributed by atoms with van der Waals surface area (Å²) in [6.45, 7) is 1.42. The van der Waals surface area contributed by atoms with Crippen molar-refractivity contribution in [2.45, 2.75) is 18.9 Å². The Kier molecular flexibility index (Phi) is 3.81. The standard InChI is InChI=1S/C10H12BrF2NO/c1-10(14,5-15)4-6-2-8(12)9(13)3-7(6)11/h2-3,15H,4-5,14H2,1H3. The molecule has 0 saturated carbocycles. The van der Waals surface area contributed by atoms with Crippen LogP contribution in [-0.2, 0) is 6.42 Å². The van der Waals surface area contributed by atoms with E-state index < -0.39 is 17.2 Å². The maximum atomic E-state index is 12.9. The smallest absolute Gasteiger partial charge is 0.159 e. The highest BCUT2D eigenvalue weighted by Crippen LogP contribution is 2.23. The van der Waals surface area contributed by atoms with Crippen LogP contribution >= 0.6 is 15.9 Å². The van der Waals surface area contributed by atoms with Gasteiger partial charge in [0.25, 0.3) is 0 Å². The molecule has 5 heteroatoms. The summed E-state index contributed by atoms with van der Waals surface area (Å²) in [6, 6.07) is 2.14. The molecule has 0 heterocycles. The van der Waals surface area contributed by atoms with Gasteiger partial charge in [-0.15, -0.1) is 0 Å². The van der Waals surface area contributed by atoms with Gasteiger partial charge in [-0.05, 0) is 31.0 Å². The molecule has 1 atom stereocenters. The Bertz CT molecular complexity index is 369. The first-order valence-electron chi connectivity index (χ1n) is 4.39. The minimum Gasteiger partial charge on any atom is -0.394 e. The van der Waals surface area contributed by atoms with Crippen LogP contribution in [0.1, 0.15) is 12.5 Å². The number of halogens is 3. The SMILES string of the molecule is CC(N)(CO)Cc1cc(F)c(F)cc1Br. The molecule has 0 bridgehead atoms. The normalized spacial score (nSPS) is 15.1. The summed E-state index contributed by atoms with van der Waals surface area (Å²) in [4.78, 5) is 0. The number of benzene rings is 1. The number of aliphatic hydroxyl groups is 1. The van der Waals surface area contributed by atoms with Crippen molar-refractivity contribution in [1.29, 1.82) is 0 Å². The van der Waals surface area contributed by atoms with E-state index in [1.807, 2.05) is 0 Å². The van der Waals surface area contributed by atoms with E-state index in [4.69, 9.17) is 10.8 Å². The van der Waals surface area contributed by atoms with Crippen LogP contribution in [0.5, 0.6) is 0 Å². The van der Waals surface area contributed by atoms with Crippen molar-refractivity contribution in [2.75, 3.05) is 6.61 Å². The minimum atomic E-state index is -0.915. The molecule has 0 radical (unpaired) electrons. The Balaban J connectivity index is 3.01. The Morgan fingerprint density at radius 1 is 1.40 bits per heavy atom. The van der Waals surface area contributed by atoms with Gasteiger partial charge in [0.1, 0.15) is 0 Å².